The molecule has 0 spiro atoms. The van der Waals surface area contributed by atoms with Crippen LogP contribution in [0.5, 0.6) is 5.75 Å². The summed E-state index contributed by atoms with van der Waals surface area (Å²) in [4.78, 5) is 0. The van der Waals surface area contributed by atoms with Gasteiger partial charge in [0.1, 0.15) is 11.6 Å². The minimum atomic E-state index is -0.169. The van der Waals surface area contributed by atoms with Crippen LogP contribution in [0.2, 0.25) is 0 Å². The molecule has 2 aromatic rings. The molecule has 0 saturated carbocycles. The predicted octanol–water partition coefficient (Wildman–Crippen LogP) is 3.14. The van der Waals surface area contributed by atoms with Gasteiger partial charge in [0.05, 0.1) is 6.61 Å². The monoisotopic (exact) mass is 271 g/mol. The Bertz CT molecular complexity index is 566. The molecule has 3 heteroatoms. The van der Waals surface area contributed by atoms with Crippen molar-refractivity contribution in [2.45, 2.75) is 11.8 Å². The van der Waals surface area contributed by atoms with E-state index in [1.54, 1.807) is 12.1 Å². The van der Waals surface area contributed by atoms with Crippen LogP contribution in [0, 0.1) is 5.82 Å². The minimum Gasteiger partial charge on any atom is -0.494 e. The largest absolute Gasteiger partial charge is 0.494 e. The minimum absolute atomic E-state index is 0.0108. The Hall–Kier alpha value is -1.87. The zero-order valence-electron chi connectivity index (χ0n) is 11.3. The van der Waals surface area contributed by atoms with Crippen LogP contribution in [0.1, 0.15) is 12.0 Å². The van der Waals surface area contributed by atoms with Gasteiger partial charge in [-0.15, -0.1) is 0 Å². The van der Waals surface area contributed by atoms with Crippen molar-refractivity contribution in [2.75, 3.05) is 19.7 Å². The number of para-hydroxylation sites is 1. The number of nitrogens with one attached hydrogen (secondary N) is 1. The molecule has 0 amide bonds. The summed E-state index contributed by atoms with van der Waals surface area (Å²) in [6.45, 7) is 2.41. The van der Waals surface area contributed by atoms with Gasteiger partial charge < -0.3 is 10.1 Å². The first kappa shape index (κ1) is 13.1. The number of benzene rings is 2. The molecule has 104 valence electrons. The van der Waals surface area contributed by atoms with E-state index in [0.29, 0.717) is 6.61 Å². The zero-order chi connectivity index (χ0) is 13.8. The van der Waals surface area contributed by atoms with E-state index in [1.807, 2.05) is 36.4 Å². The lowest BCUT2D eigenvalue weighted by molar-refractivity contribution is 0.199. The highest BCUT2D eigenvalue weighted by molar-refractivity contribution is 5.30. The molecule has 3 rings (SSSR count). The average Bonchev–Trinajstić information content (AvgIpc) is 2.43. The quantitative estimate of drug-likeness (QED) is 0.902. The molecule has 2 aromatic carbocycles. The van der Waals surface area contributed by atoms with E-state index < -0.39 is 0 Å². The van der Waals surface area contributed by atoms with Crippen molar-refractivity contribution in [3.63, 3.8) is 0 Å². The first-order chi connectivity index (χ1) is 9.78. The number of halogens is 1. The van der Waals surface area contributed by atoms with Crippen molar-refractivity contribution in [3.8, 4) is 5.75 Å². The van der Waals surface area contributed by atoms with Crippen molar-refractivity contribution in [1.29, 1.82) is 0 Å². The summed E-state index contributed by atoms with van der Waals surface area (Å²) in [5, 5.41) is 3.29. The fourth-order valence-electron chi connectivity index (χ4n) is 2.65. The molecule has 1 N–H and O–H groups in total. The van der Waals surface area contributed by atoms with Crippen molar-refractivity contribution in [3.05, 3.63) is 66.0 Å². The average molecular weight is 271 g/mol. The molecule has 0 bridgehead atoms. The van der Waals surface area contributed by atoms with Crippen LogP contribution < -0.4 is 10.1 Å². The summed E-state index contributed by atoms with van der Waals surface area (Å²) in [6, 6.07) is 16.7. The van der Waals surface area contributed by atoms with Gasteiger partial charge in [0.2, 0.25) is 0 Å². The number of hydrogen-bond acceptors (Lipinski definition) is 2. The van der Waals surface area contributed by atoms with Crippen LogP contribution >= 0.6 is 0 Å². The van der Waals surface area contributed by atoms with Gasteiger partial charge in [-0.2, -0.15) is 0 Å². The number of rotatable bonds is 5. The van der Waals surface area contributed by atoms with Crippen LogP contribution in [0.25, 0.3) is 0 Å². The van der Waals surface area contributed by atoms with Gasteiger partial charge in [-0.3, -0.25) is 0 Å². The number of ether oxygens (including phenoxy) is 1. The Balaban J connectivity index is 1.65. The van der Waals surface area contributed by atoms with Crippen LogP contribution in [0.3, 0.4) is 0 Å². The van der Waals surface area contributed by atoms with Crippen molar-refractivity contribution < 1.29 is 9.13 Å². The maximum absolute atomic E-state index is 13.4. The highest BCUT2D eigenvalue weighted by Gasteiger charge is 2.38. The Morgan fingerprint density at radius 1 is 1.05 bits per heavy atom. The summed E-state index contributed by atoms with van der Waals surface area (Å²) < 4.78 is 19.2. The Morgan fingerprint density at radius 3 is 2.50 bits per heavy atom. The van der Waals surface area contributed by atoms with Gasteiger partial charge >= 0.3 is 0 Å². The van der Waals surface area contributed by atoms with Gasteiger partial charge in [-0.1, -0.05) is 30.3 Å². The third kappa shape index (κ3) is 2.68. The second-order valence-electron chi connectivity index (χ2n) is 5.31. The molecule has 0 radical (unpaired) electrons. The van der Waals surface area contributed by atoms with E-state index in [9.17, 15) is 4.39 Å². The topological polar surface area (TPSA) is 21.3 Å². The molecule has 20 heavy (non-hydrogen) atoms. The molecule has 0 atom stereocenters. The molecule has 0 aliphatic carbocycles. The van der Waals surface area contributed by atoms with Gasteiger partial charge in [-0.25, -0.2) is 4.39 Å². The first-order valence-corrected chi connectivity index (χ1v) is 6.93. The van der Waals surface area contributed by atoms with Crippen LogP contribution in [0.4, 0.5) is 4.39 Å². The van der Waals surface area contributed by atoms with E-state index in [0.717, 1.165) is 30.8 Å². The van der Waals surface area contributed by atoms with E-state index in [-0.39, 0.29) is 11.2 Å². The molecule has 0 aromatic heterocycles. The molecule has 0 unspecified atom stereocenters. The summed E-state index contributed by atoms with van der Waals surface area (Å²) >= 11 is 0. The van der Waals surface area contributed by atoms with Crippen molar-refractivity contribution in [1.82, 2.24) is 5.32 Å². The summed E-state index contributed by atoms with van der Waals surface area (Å²) in [7, 11) is 0. The smallest absolute Gasteiger partial charge is 0.123 e. The van der Waals surface area contributed by atoms with E-state index in [4.69, 9.17) is 4.74 Å². The lowest BCUT2D eigenvalue weighted by Gasteiger charge is -2.43. The fraction of sp³-hybridized carbons (Fsp3) is 0.294. The standard InChI is InChI=1S/C17H18FNO/c18-15-6-4-5-14(11-15)17(12-19-13-17)9-10-20-16-7-2-1-3-8-16/h1-8,11,19H,9-10,12-13H2. The number of hydrogen-bond donors (Lipinski definition) is 1. The fourth-order valence-corrected chi connectivity index (χ4v) is 2.65. The van der Waals surface area contributed by atoms with Crippen molar-refractivity contribution >= 4 is 0 Å². The van der Waals surface area contributed by atoms with Gasteiger partial charge in [0.15, 0.2) is 0 Å². The lowest BCUT2D eigenvalue weighted by atomic mass is 9.73. The molecule has 2 nitrogen and oxygen atoms in total. The maximum atomic E-state index is 13.4. The first-order valence-electron chi connectivity index (χ1n) is 6.93. The summed E-state index contributed by atoms with van der Waals surface area (Å²) in [6.07, 6.45) is 0.887. The molecule has 1 saturated heterocycles. The van der Waals surface area contributed by atoms with Gasteiger partial charge in [-0.05, 0) is 36.2 Å². The Labute approximate surface area is 118 Å². The third-order valence-corrected chi connectivity index (χ3v) is 3.96. The molecule has 1 aliphatic heterocycles. The second-order valence-corrected chi connectivity index (χ2v) is 5.31. The third-order valence-electron chi connectivity index (χ3n) is 3.96. The summed E-state index contributed by atoms with van der Waals surface area (Å²) in [5.74, 6) is 0.715. The van der Waals surface area contributed by atoms with Crippen LogP contribution in [0.15, 0.2) is 54.6 Å². The van der Waals surface area contributed by atoms with Gasteiger partial charge in [0, 0.05) is 18.5 Å². The molecular formula is C17H18FNO. The second kappa shape index (κ2) is 5.63. The Kier molecular flexibility index (Phi) is 3.70. The van der Waals surface area contributed by atoms with Crippen LogP contribution in [-0.4, -0.2) is 19.7 Å². The maximum Gasteiger partial charge on any atom is 0.123 e. The molecular weight excluding hydrogens is 253 g/mol. The summed E-state index contributed by atoms with van der Waals surface area (Å²) in [5.41, 5.74) is 1.07. The SMILES string of the molecule is Fc1cccc(C2(CCOc3ccccc3)CNC2)c1. The molecule has 1 fully saturated rings. The molecule has 1 aliphatic rings. The van der Waals surface area contributed by atoms with E-state index in [1.165, 1.54) is 6.07 Å². The van der Waals surface area contributed by atoms with Gasteiger partial charge in [0.25, 0.3) is 0 Å². The highest BCUT2D eigenvalue weighted by Crippen LogP contribution is 2.32. The molecule has 1 heterocycles. The highest BCUT2D eigenvalue weighted by atomic mass is 19.1. The zero-order valence-corrected chi connectivity index (χ0v) is 11.3. The van der Waals surface area contributed by atoms with Crippen molar-refractivity contribution in [2.24, 2.45) is 0 Å². The van der Waals surface area contributed by atoms with E-state index >= 15 is 0 Å². The normalized spacial score (nSPS) is 16.4. The Morgan fingerprint density at radius 2 is 1.85 bits per heavy atom. The lowest BCUT2D eigenvalue weighted by Crippen LogP contribution is -2.57. The van der Waals surface area contributed by atoms with Crippen LogP contribution in [-0.2, 0) is 5.41 Å². The predicted molar refractivity (Wildman–Crippen MR) is 77.5 cm³/mol. The van der Waals surface area contributed by atoms with E-state index in [2.05, 4.69) is 5.32 Å².